The van der Waals surface area contributed by atoms with Crippen LogP contribution < -0.4 is 5.73 Å². The Kier molecular flexibility index (Phi) is 3.78. The first kappa shape index (κ1) is 14.6. The van der Waals surface area contributed by atoms with E-state index in [0.717, 1.165) is 22.9 Å². The molecular formula is C16H19BrN2O2. The van der Waals surface area contributed by atoms with E-state index in [4.69, 9.17) is 5.73 Å². The highest BCUT2D eigenvalue weighted by atomic mass is 79.9. The lowest BCUT2D eigenvalue weighted by molar-refractivity contribution is -0.137. The van der Waals surface area contributed by atoms with Crippen molar-refractivity contribution in [1.82, 2.24) is 4.90 Å². The molecule has 21 heavy (non-hydrogen) atoms. The molecule has 5 heteroatoms. The van der Waals surface area contributed by atoms with Crippen LogP contribution >= 0.6 is 15.9 Å². The van der Waals surface area contributed by atoms with E-state index in [1.165, 1.54) is 0 Å². The number of hydrogen-bond donors (Lipinski definition) is 1. The third-order valence-electron chi connectivity index (χ3n) is 4.72. The topological polar surface area (TPSA) is 63.4 Å². The molecule has 0 spiro atoms. The number of nitrogens with two attached hydrogens (primary N) is 1. The molecule has 0 bridgehead atoms. The third-order valence-corrected chi connectivity index (χ3v) is 5.21. The van der Waals surface area contributed by atoms with Gasteiger partial charge in [-0.1, -0.05) is 28.1 Å². The lowest BCUT2D eigenvalue weighted by Crippen LogP contribution is -2.45. The highest BCUT2D eigenvalue weighted by Gasteiger charge is 2.53. The Morgan fingerprint density at radius 2 is 1.90 bits per heavy atom. The lowest BCUT2D eigenvalue weighted by Gasteiger charge is -2.33. The average molecular weight is 351 g/mol. The number of primary amides is 1. The van der Waals surface area contributed by atoms with E-state index in [1.54, 1.807) is 0 Å². The predicted molar refractivity (Wildman–Crippen MR) is 83.6 cm³/mol. The first-order chi connectivity index (χ1) is 10.0. The van der Waals surface area contributed by atoms with Gasteiger partial charge < -0.3 is 10.6 Å². The van der Waals surface area contributed by atoms with Gasteiger partial charge in [0.2, 0.25) is 11.8 Å². The van der Waals surface area contributed by atoms with Crippen molar-refractivity contribution in [1.29, 1.82) is 0 Å². The molecule has 1 aromatic carbocycles. The number of piperidine rings is 1. The maximum atomic E-state index is 12.9. The Labute approximate surface area is 132 Å². The number of amides is 2. The lowest BCUT2D eigenvalue weighted by atomic mass is 9.91. The number of carbonyl (C=O) groups is 2. The summed E-state index contributed by atoms with van der Waals surface area (Å²) in [6.07, 6.45) is 3.21. The van der Waals surface area contributed by atoms with Gasteiger partial charge in [0, 0.05) is 23.5 Å². The second kappa shape index (κ2) is 5.44. The summed E-state index contributed by atoms with van der Waals surface area (Å²) < 4.78 is 1.01. The molecule has 3 rings (SSSR count). The van der Waals surface area contributed by atoms with Crippen LogP contribution in [-0.2, 0) is 15.0 Å². The fourth-order valence-electron chi connectivity index (χ4n) is 3.21. The minimum Gasteiger partial charge on any atom is -0.369 e. The van der Waals surface area contributed by atoms with Crippen molar-refractivity contribution < 1.29 is 9.59 Å². The van der Waals surface area contributed by atoms with E-state index in [-0.39, 0.29) is 23.1 Å². The van der Waals surface area contributed by atoms with Crippen LogP contribution in [0.5, 0.6) is 0 Å². The van der Waals surface area contributed by atoms with Gasteiger partial charge in [0.15, 0.2) is 0 Å². The zero-order valence-corrected chi connectivity index (χ0v) is 13.4. The molecule has 0 unspecified atom stereocenters. The molecule has 1 aliphatic heterocycles. The van der Waals surface area contributed by atoms with Crippen molar-refractivity contribution in [2.75, 3.05) is 13.1 Å². The van der Waals surface area contributed by atoms with Gasteiger partial charge in [0.25, 0.3) is 0 Å². The van der Waals surface area contributed by atoms with Gasteiger partial charge >= 0.3 is 0 Å². The normalized spacial score (nSPS) is 21.1. The van der Waals surface area contributed by atoms with Gasteiger partial charge in [-0.15, -0.1) is 0 Å². The first-order valence-corrected chi connectivity index (χ1v) is 8.17. The summed E-state index contributed by atoms with van der Waals surface area (Å²) in [7, 11) is 0. The molecule has 1 aliphatic carbocycles. The van der Waals surface area contributed by atoms with E-state index in [2.05, 4.69) is 15.9 Å². The van der Waals surface area contributed by atoms with Gasteiger partial charge in [-0.2, -0.15) is 0 Å². The number of nitrogens with zero attached hydrogens (tertiary/aromatic N) is 1. The van der Waals surface area contributed by atoms with Crippen LogP contribution in [0.1, 0.15) is 31.2 Å². The molecule has 1 saturated heterocycles. The Hall–Kier alpha value is -1.36. The van der Waals surface area contributed by atoms with E-state index >= 15 is 0 Å². The number of carbonyl (C=O) groups excluding carboxylic acids is 2. The largest absolute Gasteiger partial charge is 0.369 e. The molecule has 4 nitrogen and oxygen atoms in total. The Bertz CT molecular complexity index is 575. The molecule has 1 heterocycles. The van der Waals surface area contributed by atoms with Crippen LogP contribution in [0.3, 0.4) is 0 Å². The van der Waals surface area contributed by atoms with Crippen molar-refractivity contribution in [2.45, 2.75) is 31.1 Å². The molecular weight excluding hydrogens is 332 g/mol. The number of benzene rings is 1. The Morgan fingerprint density at radius 1 is 1.24 bits per heavy atom. The summed E-state index contributed by atoms with van der Waals surface area (Å²) >= 11 is 3.48. The molecule has 2 fully saturated rings. The van der Waals surface area contributed by atoms with Gasteiger partial charge in [-0.3, -0.25) is 9.59 Å². The Balaban J connectivity index is 1.73. The van der Waals surface area contributed by atoms with Crippen molar-refractivity contribution in [2.24, 2.45) is 11.7 Å². The summed E-state index contributed by atoms with van der Waals surface area (Å²) in [6, 6.07) is 8.03. The zero-order chi connectivity index (χ0) is 15.0. The van der Waals surface area contributed by atoms with Crippen LogP contribution in [0.4, 0.5) is 0 Å². The third kappa shape index (κ3) is 2.71. The number of likely N-dealkylation sites (tertiary alicyclic amines) is 1. The molecule has 0 aromatic heterocycles. The smallest absolute Gasteiger partial charge is 0.233 e. The highest BCUT2D eigenvalue weighted by molar-refractivity contribution is 9.10. The van der Waals surface area contributed by atoms with Crippen LogP contribution in [0.15, 0.2) is 28.7 Å². The summed E-state index contributed by atoms with van der Waals surface area (Å²) in [6.45, 7) is 1.28. The summed E-state index contributed by atoms with van der Waals surface area (Å²) in [4.78, 5) is 26.0. The van der Waals surface area contributed by atoms with Crippen molar-refractivity contribution in [3.63, 3.8) is 0 Å². The number of rotatable bonds is 3. The van der Waals surface area contributed by atoms with Gasteiger partial charge in [0.1, 0.15) is 0 Å². The highest BCUT2D eigenvalue weighted by Crippen LogP contribution is 2.50. The zero-order valence-electron chi connectivity index (χ0n) is 11.8. The van der Waals surface area contributed by atoms with E-state index in [0.29, 0.717) is 25.9 Å². The molecule has 0 atom stereocenters. The van der Waals surface area contributed by atoms with Gasteiger partial charge in [-0.25, -0.2) is 0 Å². The SMILES string of the molecule is NC(=O)C1CCN(C(=O)C2(c3cccc(Br)c3)CC2)CC1. The monoisotopic (exact) mass is 350 g/mol. The summed E-state index contributed by atoms with van der Waals surface area (Å²) in [5.74, 6) is -0.103. The Morgan fingerprint density at radius 3 is 2.43 bits per heavy atom. The second-order valence-corrected chi connectivity index (χ2v) is 6.98. The van der Waals surface area contributed by atoms with E-state index in [1.807, 2.05) is 29.2 Å². The van der Waals surface area contributed by atoms with Crippen LogP contribution in [-0.4, -0.2) is 29.8 Å². The van der Waals surface area contributed by atoms with Crippen molar-refractivity contribution in [3.05, 3.63) is 34.3 Å². The predicted octanol–water partition coefficient (Wildman–Crippen LogP) is 2.20. The maximum absolute atomic E-state index is 12.9. The number of hydrogen-bond acceptors (Lipinski definition) is 2. The molecule has 2 aliphatic rings. The van der Waals surface area contributed by atoms with Crippen molar-refractivity contribution in [3.8, 4) is 0 Å². The van der Waals surface area contributed by atoms with Crippen molar-refractivity contribution >= 4 is 27.7 Å². The minimum atomic E-state index is -0.330. The summed E-state index contributed by atoms with van der Waals surface area (Å²) in [5, 5.41) is 0. The molecule has 1 saturated carbocycles. The van der Waals surface area contributed by atoms with E-state index < -0.39 is 0 Å². The quantitative estimate of drug-likeness (QED) is 0.908. The van der Waals surface area contributed by atoms with Crippen LogP contribution in [0.25, 0.3) is 0 Å². The fourth-order valence-corrected chi connectivity index (χ4v) is 3.61. The standard InChI is InChI=1S/C16H19BrN2O2/c17-13-3-1-2-12(10-13)16(6-7-16)15(21)19-8-4-11(5-9-19)14(18)20/h1-3,10-11H,4-9H2,(H2,18,20). The van der Waals surface area contributed by atoms with Crippen LogP contribution in [0, 0.1) is 5.92 Å². The molecule has 2 N–H and O–H groups in total. The second-order valence-electron chi connectivity index (χ2n) is 6.06. The van der Waals surface area contributed by atoms with E-state index in [9.17, 15) is 9.59 Å². The fraction of sp³-hybridized carbons (Fsp3) is 0.500. The molecule has 1 aromatic rings. The van der Waals surface area contributed by atoms with Crippen LogP contribution in [0.2, 0.25) is 0 Å². The molecule has 2 amide bonds. The van der Waals surface area contributed by atoms with Gasteiger partial charge in [0.05, 0.1) is 5.41 Å². The molecule has 0 radical (unpaired) electrons. The average Bonchev–Trinajstić information content (AvgIpc) is 3.28. The first-order valence-electron chi connectivity index (χ1n) is 7.38. The molecule has 112 valence electrons. The summed E-state index contributed by atoms with van der Waals surface area (Å²) in [5.41, 5.74) is 6.11. The number of halogens is 1. The minimum absolute atomic E-state index is 0.0740. The maximum Gasteiger partial charge on any atom is 0.233 e. The van der Waals surface area contributed by atoms with Gasteiger partial charge in [-0.05, 0) is 43.4 Å².